The molecule has 2 aliphatic rings. The highest BCUT2D eigenvalue weighted by atomic mass is 127. The standard InChI is InChI=1S/C22H37N5O.HI/c1-18(2)15-21(26-11-13-28-14-12-26)16-24-22(23-3)25-19-9-10-27(17-19)20-7-5-4-6-8-20;/h4-8,18-19,21H,9-17H2,1-3H3,(H2,23,24,25);1H. The summed E-state index contributed by atoms with van der Waals surface area (Å²) >= 11 is 0. The highest BCUT2D eigenvalue weighted by molar-refractivity contribution is 14.0. The molecule has 2 aliphatic heterocycles. The fourth-order valence-corrected chi connectivity index (χ4v) is 4.20. The lowest BCUT2D eigenvalue weighted by Gasteiger charge is -2.36. The maximum atomic E-state index is 5.53. The van der Waals surface area contributed by atoms with Crippen molar-refractivity contribution in [2.45, 2.75) is 38.8 Å². The minimum atomic E-state index is 0. The van der Waals surface area contributed by atoms with Crippen LogP contribution in [0.25, 0.3) is 0 Å². The zero-order valence-electron chi connectivity index (χ0n) is 18.1. The van der Waals surface area contributed by atoms with E-state index in [1.165, 1.54) is 12.1 Å². The van der Waals surface area contributed by atoms with E-state index in [-0.39, 0.29) is 24.0 Å². The van der Waals surface area contributed by atoms with Crippen LogP contribution >= 0.6 is 24.0 Å². The van der Waals surface area contributed by atoms with Gasteiger partial charge in [0.1, 0.15) is 0 Å². The number of guanidine groups is 1. The van der Waals surface area contributed by atoms with Gasteiger partial charge in [-0.05, 0) is 30.9 Å². The molecule has 0 radical (unpaired) electrons. The van der Waals surface area contributed by atoms with Gasteiger partial charge in [-0.1, -0.05) is 32.0 Å². The van der Waals surface area contributed by atoms with Crippen molar-refractivity contribution in [2.75, 3.05) is 57.9 Å². The zero-order valence-corrected chi connectivity index (χ0v) is 20.5. The average molecular weight is 515 g/mol. The number of hydrogen-bond acceptors (Lipinski definition) is 4. The summed E-state index contributed by atoms with van der Waals surface area (Å²) in [6, 6.07) is 11.6. The monoisotopic (exact) mass is 515 g/mol. The molecule has 7 heteroatoms. The van der Waals surface area contributed by atoms with E-state index in [0.717, 1.165) is 58.3 Å². The second-order valence-corrected chi connectivity index (χ2v) is 8.30. The van der Waals surface area contributed by atoms with Gasteiger partial charge in [0.25, 0.3) is 0 Å². The van der Waals surface area contributed by atoms with E-state index in [4.69, 9.17) is 4.74 Å². The van der Waals surface area contributed by atoms with Gasteiger partial charge in [-0.2, -0.15) is 0 Å². The number of aliphatic imine (C=N–C) groups is 1. The smallest absolute Gasteiger partial charge is 0.191 e. The second-order valence-electron chi connectivity index (χ2n) is 8.30. The average Bonchev–Trinajstić information content (AvgIpc) is 3.19. The fourth-order valence-electron chi connectivity index (χ4n) is 4.20. The number of benzene rings is 1. The third kappa shape index (κ3) is 7.61. The van der Waals surface area contributed by atoms with Crippen LogP contribution in [0.15, 0.2) is 35.3 Å². The first-order valence-corrected chi connectivity index (χ1v) is 10.7. The third-order valence-corrected chi connectivity index (χ3v) is 5.68. The Hall–Kier alpha value is -1.06. The van der Waals surface area contributed by atoms with E-state index in [2.05, 4.69) is 69.6 Å². The number of nitrogens with zero attached hydrogens (tertiary/aromatic N) is 3. The zero-order chi connectivity index (χ0) is 19.8. The van der Waals surface area contributed by atoms with Gasteiger partial charge in [0.15, 0.2) is 5.96 Å². The number of nitrogens with one attached hydrogen (secondary N) is 2. The first-order valence-electron chi connectivity index (χ1n) is 10.7. The molecule has 0 amide bonds. The van der Waals surface area contributed by atoms with Crippen molar-refractivity contribution in [3.05, 3.63) is 30.3 Å². The molecule has 29 heavy (non-hydrogen) atoms. The minimum Gasteiger partial charge on any atom is -0.379 e. The summed E-state index contributed by atoms with van der Waals surface area (Å²) in [4.78, 5) is 9.49. The van der Waals surface area contributed by atoms with Crippen LogP contribution in [0.2, 0.25) is 0 Å². The minimum absolute atomic E-state index is 0. The van der Waals surface area contributed by atoms with E-state index >= 15 is 0 Å². The molecule has 2 saturated heterocycles. The van der Waals surface area contributed by atoms with E-state index in [0.29, 0.717) is 18.0 Å². The fraction of sp³-hybridized carbons (Fsp3) is 0.682. The molecule has 2 N–H and O–H groups in total. The number of para-hydroxylation sites is 1. The van der Waals surface area contributed by atoms with Crippen LogP contribution in [0.1, 0.15) is 26.7 Å². The molecule has 0 aliphatic carbocycles. The molecule has 0 bridgehead atoms. The largest absolute Gasteiger partial charge is 0.379 e. The van der Waals surface area contributed by atoms with E-state index < -0.39 is 0 Å². The van der Waals surface area contributed by atoms with Gasteiger partial charge in [-0.15, -0.1) is 24.0 Å². The van der Waals surface area contributed by atoms with E-state index in [1.807, 2.05) is 7.05 Å². The Morgan fingerprint density at radius 3 is 2.55 bits per heavy atom. The van der Waals surface area contributed by atoms with Crippen LogP contribution in [0.4, 0.5) is 5.69 Å². The normalized spacial score (nSPS) is 21.7. The van der Waals surface area contributed by atoms with Gasteiger partial charge >= 0.3 is 0 Å². The van der Waals surface area contributed by atoms with Crippen molar-refractivity contribution >= 4 is 35.6 Å². The van der Waals surface area contributed by atoms with Gasteiger partial charge in [0.05, 0.1) is 13.2 Å². The highest BCUT2D eigenvalue weighted by Crippen LogP contribution is 2.19. The molecular formula is C22H38IN5O. The summed E-state index contributed by atoms with van der Waals surface area (Å²) in [5.41, 5.74) is 1.30. The number of rotatable bonds is 7. The van der Waals surface area contributed by atoms with Gasteiger partial charge in [-0.25, -0.2) is 0 Å². The molecule has 2 unspecified atom stereocenters. The number of morpholine rings is 1. The number of anilines is 1. The molecule has 0 aromatic heterocycles. The van der Waals surface area contributed by atoms with Crippen molar-refractivity contribution < 1.29 is 4.74 Å². The molecule has 2 atom stereocenters. The predicted octanol–water partition coefficient (Wildman–Crippen LogP) is 2.80. The topological polar surface area (TPSA) is 52.1 Å². The van der Waals surface area contributed by atoms with Crippen LogP contribution in [-0.2, 0) is 4.74 Å². The summed E-state index contributed by atoms with van der Waals surface area (Å²) in [6.45, 7) is 11.4. The summed E-state index contributed by atoms with van der Waals surface area (Å²) in [6.07, 6.45) is 2.32. The van der Waals surface area contributed by atoms with Crippen LogP contribution in [0.3, 0.4) is 0 Å². The highest BCUT2D eigenvalue weighted by Gasteiger charge is 2.25. The van der Waals surface area contributed by atoms with Gasteiger partial charge in [-0.3, -0.25) is 9.89 Å². The molecule has 0 saturated carbocycles. The molecule has 0 spiro atoms. The van der Waals surface area contributed by atoms with Crippen molar-refractivity contribution in [1.29, 1.82) is 0 Å². The molecular weight excluding hydrogens is 477 g/mol. The second kappa shape index (κ2) is 12.6. The van der Waals surface area contributed by atoms with Crippen LogP contribution in [0, 0.1) is 5.92 Å². The number of ether oxygens (including phenoxy) is 1. The number of hydrogen-bond donors (Lipinski definition) is 2. The first kappa shape index (κ1) is 24.2. The Morgan fingerprint density at radius 2 is 1.90 bits per heavy atom. The van der Waals surface area contributed by atoms with Crippen molar-refractivity contribution in [1.82, 2.24) is 15.5 Å². The summed E-state index contributed by atoms with van der Waals surface area (Å²) in [5.74, 6) is 1.60. The lowest BCUT2D eigenvalue weighted by molar-refractivity contribution is 0.0132. The Labute approximate surface area is 193 Å². The van der Waals surface area contributed by atoms with Crippen molar-refractivity contribution in [2.24, 2.45) is 10.9 Å². The lowest BCUT2D eigenvalue weighted by atomic mass is 10.0. The Balaban J connectivity index is 0.00000300. The summed E-state index contributed by atoms with van der Waals surface area (Å²) < 4.78 is 5.53. The SMILES string of the molecule is CN=C(NCC(CC(C)C)N1CCOCC1)NC1CCN(c2ccccc2)C1.I. The summed E-state index contributed by atoms with van der Waals surface area (Å²) in [7, 11) is 1.87. The molecule has 2 heterocycles. The Morgan fingerprint density at radius 1 is 1.17 bits per heavy atom. The first-order chi connectivity index (χ1) is 13.7. The molecule has 164 valence electrons. The Bertz CT molecular complexity index is 606. The van der Waals surface area contributed by atoms with Crippen molar-refractivity contribution in [3.8, 4) is 0 Å². The van der Waals surface area contributed by atoms with Crippen LogP contribution in [0.5, 0.6) is 0 Å². The maximum absolute atomic E-state index is 5.53. The Kier molecular flexibility index (Phi) is 10.5. The van der Waals surface area contributed by atoms with Crippen molar-refractivity contribution in [3.63, 3.8) is 0 Å². The van der Waals surface area contributed by atoms with Gasteiger partial charge < -0.3 is 20.3 Å². The summed E-state index contributed by atoms with van der Waals surface area (Å²) in [5, 5.41) is 7.22. The van der Waals surface area contributed by atoms with Crippen LogP contribution in [-0.4, -0.2) is 75.9 Å². The molecule has 2 fully saturated rings. The molecule has 1 aromatic rings. The number of halogens is 1. The van der Waals surface area contributed by atoms with Crippen LogP contribution < -0.4 is 15.5 Å². The lowest BCUT2D eigenvalue weighted by Crippen LogP contribution is -2.52. The van der Waals surface area contributed by atoms with Gasteiger partial charge in [0, 0.05) is 57.5 Å². The van der Waals surface area contributed by atoms with E-state index in [9.17, 15) is 0 Å². The third-order valence-electron chi connectivity index (χ3n) is 5.68. The maximum Gasteiger partial charge on any atom is 0.191 e. The van der Waals surface area contributed by atoms with Gasteiger partial charge in [0.2, 0.25) is 0 Å². The van der Waals surface area contributed by atoms with E-state index in [1.54, 1.807) is 0 Å². The molecule has 6 nitrogen and oxygen atoms in total. The molecule has 1 aromatic carbocycles. The quantitative estimate of drug-likeness (QED) is 0.333. The predicted molar refractivity (Wildman–Crippen MR) is 133 cm³/mol. The molecule has 3 rings (SSSR count).